The number of ether oxygens (including phenoxy) is 2. The number of carbonyl (C=O) groups excluding carboxylic acids is 2. The number of methoxy groups -OCH3 is 2. The van der Waals surface area contributed by atoms with Crippen molar-refractivity contribution in [2.75, 3.05) is 25.7 Å². The molecule has 6 heteroatoms. The molecule has 2 aromatic carbocycles. The van der Waals surface area contributed by atoms with Gasteiger partial charge in [0, 0.05) is 18.3 Å². The fraction of sp³-hybridized carbons (Fsp3) is 0.333. The van der Waals surface area contributed by atoms with E-state index in [1.165, 1.54) is 10.5 Å². The molecule has 2 aliphatic heterocycles. The fourth-order valence-corrected chi connectivity index (χ4v) is 4.27. The van der Waals surface area contributed by atoms with Gasteiger partial charge in [0.2, 0.25) is 0 Å². The van der Waals surface area contributed by atoms with E-state index in [-0.39, 0.29) is 17.9 Å². The van der Waals surface area contributed by atoms with Crippen molar-refractivity contribution < 1.29 is 19.1 Å². The highest BCUT2D eigenvalue weighted by Crippen LogP contribution is 2.40. The van der Waals surface area contributed by atoms with Crippen LogP contribution in [0.1, 0.15) is 31.4 Å². The number of hydrogen-bond acceptors (Lipinski definition) is 5. The molecule has 0 saturated carbocycles. The predicted octanol–water partition coefficient (Wildman–Crippen LogP) is 3.64. The highest BCUT2D eigenvalue weighted by atomic mass is 16.5. The Morgan fingerprint density at radius 1 is 0.933 bits per heavy atom. The van der Waals surface area contributed by atoms with Crippen molar-refractivity contribution in [2.24, 2.45) is 0 Å². The zero-order chi connectivity index (χ0) is 21.4. The summed E-state index contributed by atoms with van der Waals surface area (Å²) in [4.78, 5) is 30.3. The van der Waals surface area contributed by atoms with Crippen LogP contribution in [0.15, 0.2) is 48.2 Å². The van der Waals surface area contributed by atoms with Crippen molar-refractivity contribution in [3.63, 3.8) is 0 Å². The van der Waals surface area contributed by atoms with E-state index in [4.69, 9.17) is 9.47 Å². The van der Waals surface area contributed by atoms with Gasteiger partial charge in [0.15, 0.2) is 11.5 Å². The Labute approximate surface area is 176 Å². The lowest BCUT2D eigenvalue weighted by Gasteiger charge is -2.32. The average Bonchev–Trinajstić information content (AvgIpc) is 3.02. The Balaban J connectivity index is 1.93. The van der Waals surface area contributed by atoms with Gasteiger partial charge < -0.3 is 14.4 Å². The molecule has 0 unspecified atom stereocenters. The van der Waals surface area contributed by atoms with Crippen LogP contribution in [0.25, 0.3) is 5.57 Å². The number of amides is 2. The van der Waals surface area contributed by atoms with Gasteiger partial charge in [-0.3, -0.25) is 14.5 Å². The molecule has 0 radical (unpaired) electrons. The molecule has 156 valence electrons. The van der Waals surface area contributed by atoms with E-state index >= 15 is 0 Å². The smallest absolute Gasteiger partial charge is 0.278 e. The first kappa shape index (κ1) is 20.0. The number of hydrogen-bond donors (Lipinski definition) is 0. The molecule has 0 bridgehead atoms. The highest BCUT2D eigenvalue weighted by Gasteiger charge is 2.44. The second-order valence-electron chi connectivity index (χ2n) is 7.75. The molecule has 0 saturated heterocycles. The molecular formula is C24H26N2O4. The maximum atomic E-state index is 13.5. The maximum Gasteiger partial charge on any atom is 0.278 e. The first-order chi connectivity index (χ1) is 14.5. The molecule has 0 spiro atoms. The van der Waals surface area contributed by atoms with E-state index in [2.05, 4.69) is 6.07 Å². The molecular weight excluding hydrogens is 380 g/mol. The molecule has 2 amide bonds. The van der Waals surface area contributed by atoms with Crippen LogP contribution in [-0.2, 0) is 16.0 Å². The number of carbonyl (C=O) groups is 2. The van der Waals surface area contributed by atoms with Crippen molar-refractivity contribution in [2.45, 2.75) is 32.7 Å². The lowest BCUT2D eigenvalue weighted by molar-refractivity contribution is -0.138. The van der Waals surface area contributed by atoms with Crippen LogP contribution < -0.4 is 14.4 Å². The van der Waals surface area contributed by atoms with Gasteiger partial charge >= 0.3 is 0 Å². The number of fused-ring (bicyclic) bond motifs is 1. The van der Waals surface area contributed by atoms with Gasteiger partial charge in [-0.25, -0.2) is 0 Å². The van der Waals surface area contributed by atoms with Crippen LogP contribution >= 0.6 is 0 Å². The minimum atomic E-state index is -0.278. The zero-order valence-corrected chi connectivity index (χ0v) is 17.8. The SMILES string of the molecule is COc1ccc(C2=C(N3CCCc4ccccc43)C(=O)N(C(C)C)C2=O)cc1OC. The minimum Gasteiger partial charge on any atom is -0.493 e. The predicted molar refractivity (Wildman–Crippen MR) is 116 cm³/mol. The Morgan fingerprint density at radius 2 is 1.67 bits per heavy atom. The van der Waals surface area contributed by atoms with Crippen molar-refractivity contribution in [3.05, 3.63) is 59.3 Å². The summed E-state index contributed by atoms with van der Waals surface area (Å²) in [6.07, 6.45) is 1.88. The standard InChI is InChI=1S/C24H26N2O4/c1-15(2)26-23(27)21(17-11-12-19(29-3)20(14-17)30-4)22(24(26)28)25-13-7-9-16-8-5-6-10-18(16)25/h5-6,8,10-12,14-15H,7,9,13H2,1-4H3. The third kappa shape index (κ3) is 3.12. The van der Waals surface area contributed by atoms with Crippen molar-refractivity contribution in [1.82, 2.24) is 4.90 Å². The van der Waals surface area contributed by atoms with Gasteiger partial charge in [-0.2, -0.15) is 0 Å². The lowest BCUT2D eigenvalue weighted by atomic mass is 9.98. The molecule has 0 N–H and O–H groups in total. The van der Waals surface area contributed by atoms with Crippen LogP contribution in [0.5, 0.6) is 11.5 Å². The summed E-state index contributed by atoms with van der Waals surface area (Å²) in [7, 11) is 3.12. The second kappa shape index (κ2) is 7.86. The number of nitrogens with zero attached hydrogens (tertiary/aromatic N) is 2. The summed E-state index contributed by atoms with van der Waals surface area (Å²) in [5.41, 5.74) is 3.67. The number of para-hydroxylation sites is 1. The number of rotatable bonds is 5. The summed E-state index contributed by atoms with van der Waals surface area (Å²) in [5.74, 6) is 0.560. The van der Waals surface area contributed by atoms with E-state index < -0.39 is 0 Å². The molecule has 2 aliphatic rings. The summed E-state index contributed by atoms with van der Waals surface area (Å²) in [5, 5.41) is 0. The van der Waals surface area contributed by atoms with Gasteiger partial charge in [-0.1, -0.05) is 24.3 Å². The summed E-state index contributed by atoms with van der Waals surface area (Å²) >= 11 is 0. The number of aryl methyl sites for hydroxylation is 1. The van der Waals surface area contributed by atoms with Crippen LogP contribution in [-0.4, -0.2) is 43.5 Å². The summed E-state index contributed by atoms with van der Waals surface area (Å²) in [6, 6.07) is 13.2. The highest BCUT2D eigenvalue weighted by molar-refractivity contribution is 6.37. The topological polar surface area (TPSA) is 59.1 Å². The van der Waals surface area contributed by atoms with Crippen LogP contribution in [0.2, 0.25) is 0 Å². The number of anilines is 1. The van der Waals surface area contributed by atoms with Gasteiger partial charge in [0.1, 0.15) is 5.70 Å². The average molecular weight is 406 g/mol. The second-order valence-corrected chi connectivity index (χ2v) is 7.75. The lowest BCUT2D eigenvalue weighted by Crippen LogP contribution is -2.40. The van der Waals surface area contributed by atoms with Crippen molar-refractivity contribution in [3.8, 4) is 11.5 Å². The van der Waals surface area contributed by atoms with E-state index in [1.807, 2.05) is 43.0 Å². The van der Waals surface area contributed by atoms with Gasteiger partial charge in [0.05, 0.1) is 19.8 Å². The third-order valence-corrected chi connectivity index (χ3v) is 5.66. The molecule has 6 nitrogen and oxygen atoms in total. The number of imide groups is 1. The Morgan fingerprint density at radius 3 is 2.37 bits per heavy atom. The molecule has 0 fully saturated rings. The van der Waals surface area contributed by atoms with E-state index in [0.717, 1.165) is 18.5 Å². The van der Waals surface area contributed by atoms with Gasteiger partial charge in [0.25, 0.3) is 11.8 Å². The fourth-order valence-electron chi connectivity index (χ4n) is 4.27. The monoisotopic (exact) mass is 406 g/mol. The Kier molecular flexibility index (Phi) is 5.24. The quantitative estimate of drug-likeness (QED) is 0.710. The van der Waals surface area contributed by atoms with E-state index in [0.29, 0.717) is 34.9 Å². The normalized spacial score (nSPS) is 16.4. The molecule has 0 atom stereocenters. The number of benzene rings is 2. The molecule has 0 aromatic heterocycles. The van der Waals surface area contributed by atoms with Crippen LogP contribution in [0.3, 0.4) is 0 Å². The molecule has 2 heterocycles. The van der Waals surface area contributed by atoms with Gasteiger partial charge in [-0.05, 0) is 56.0 Å². The third-order valence-electron chi connectivity index (χ3n) is 5.66. The van der Waals surface area contributed by atoms with Crippen LogP contribution in [0, 0.1) is 0 Å². The van der Waals surface area contributed by atoms with E-state index in [1.54, 1.807) is 26.4 Å². The molecule has 2 aromatic rings. The zero-order valence-electron chi connectivity index (χ0n) is 17.8. The largest absolute Gasteiger partial charge is 0.493 e. The molecule has 0 aliphatic carbocycles. The minimum absolute atomic E-state index is 0.238. The van der Waals surface area contributed by atoms with Crippen LogP contribution in [0.4, 0.5) is 5.69 Å². The Bertz CT molecular complexity index is 1040. The van der Waals surface area contributed by atoms with Crippen molar-refractivity contribution in [1.29, 1.82) is 0 Å². The van der Waals surface area contributed by atoms with Crippen molar-refractivity contribution >= 4 is 23.1 Å². The maximum absolute atomic E-state index is 13.5. The van der Waals surface area contributed by atoms with E-state index in [9.17, 15) is 9.59 Å². The Hall–Kier alpha value is -3.28. The first-order valence-corrected chi connectivity index (χ1v) is 10.2. The van der Waals surface area contributed by atoms with Gasteiger partial charge in [-0.15, -0.1) is 0 Å². The summed E-state index contributed by atoms with van der Waals surface area (Å²) < 4.78 is 10.8. The summed E-state index contributed by atoms with van der Waals surface area (Å²) in [6.45, 7) is 4.40. The molecule has 30 heavy (non-hydrogen) atoms. The molecule has 4 rings (SSSR count). The first-order valence-electron chi connectivity index (χ1n) is 10.2.